The Morgan fingerprint density at radius 1 is 1.78 bits per heavy atom. The minimum Gasteiger partial charge on any atom is -0.385 e. The SMILES string of the molecule is [2H]c1c(S(N)(=O)=O)sc2c1[C@@]([2H])(NCC)C([2H])([2H])N(CCC([2H])([2H])OC([2H])([2H])[2H])S2(=O)=O. The summed E-state index contributed by atoms with van der Waals surface area (Å²) in [4.78, 5) is 0. The Balaban J connectivity index is 2.70. The monoisotopic (exact) mass is 392 g/mol. The molecule has 3 N–H and O–H groups in total. The summed E-state index contributed by atoms with van der Waals surface area (Å²) in [5, 5.41) is 7.49. The quantitative estimate of drug-likeness (QED) is 0.679. The number of likely N-dealkylation sites (N-methyl/N-ethyl adjacent to an activating group) is 1. The van der Waals surface area contributed by atoms with Crippen LogP contribution in [0.25, 0.3) is 0 Å². The summed E-state index contributed by atoms with van der Waals surface area (Å²) in [6.45, 7) is -5.61. The molecule has 1 aliphatic heterocycles. The van der Waals surface area contributed by atoms with Gasteiger partial charge in [0.2, 0.25) is 10.0 Å². The van der Waals surface area contributed by atoms with Crippen molar-refractivity contribution in [1.29, 1.82) is 0 Å². The van der Waals surface area contributed by atoms with Gasteiger partial charge in [0.25, 0.3) is 10.0 Å². The van der Waals surface area contributed by atoms with E-state index in [9.17, 15) is 16.8 Å². The van der Waals surface area contributed by atoms with Gasteiger partial charge in [-0.25, -0.2) is 22.0 Å². The summed E-state index contributed by atoms with van der Waals surface area (Å²) >= 11 is 0.0801. The van der Waals surface area contributed by atoms with Gasteiger partial charge in [-0.15, -0.1) is 11.3 Å². The van der Waals surface area contributed by atoms with Crippen molar-refractivity contribution in [2.75, 3.05) is 33.2 Å². The van der Waals surface area contributed by atoms with E-state index in [1.165, 1.54) is 6.92 Å². The van der Waals surface area contributed by atoms with Crippen LogP contribution >= 0.6 is 11.3 Å². The number of hydrogen-bond donors (Lipinski definition) is 2. The van der Waals surface area contributed by atoms with Gasteiger partial charge < -0.3 is 10.1 Å². The molecular formula is C12H21N3O5S3. The lowest BCUT2D eigenvalue weighted by Gasteiger charge is -2.32. The molecule has 0 spiro atoms. The number of methoxy groups -OCH3 is 1. The van der Waals surface area contributed by atoms with Gasteiger partial charge in [0.15, 0.2) is 0 Å². The van der Waals surface area contributed by atoms with Gasteiger partial charge in [-0.3, -0.25) is 0 Å². The number of fused-ring (bicyclic) bond motifs is 1. The minimum atomic E-state index is -4.89. The Hall–Kier alpha value is -0.560. The minimum absolute atomic E-state index is 0.0801. The first kappa shape index (κ1) is 9.80. The molecular weight excluding hydrogens is 362 g/mol. The number of thiophene rings is 1. The highest BCUT2D eigenvalue weighted by Crippen LogP contribution is 2.39. The van der Waals surface area contributed by atoms with Crippen molar-refractivity contribution in [3.63, 3.8) is 0 Å². The van der Waals surface area contributed by atoms with Crippen molar-refractivity contribution in [1.82, 2.24) is 9.62 Å². The van der Waals surface area contributed by atoms with Gasteiger partial charge in [0, 0.05) is 41.0 Å². The first-order chi connectivity index (χ1) is 14.1. The highest BCUT2D eigenvalue weighted by Gasteiger charge is 2.39. The molecule has 2 rings (SSSR count). The lowest BCUT2D eigenvalue weighted by atomic mass is 10.1. The third kappa shape index (κ3) is 3.92. The van der Waals surface area contributed by atoms with Crippen LogP contribution < -0.4 is 10.5 Å². The smallest absolute Gasteiger partial charge is 0.252 e. The second-order valence-electron chi connectivity index (χ2n) is 4.31. The van der Waals surface area contributed by atoms with Crippen LogP contribution in [0.2, 0.25) is 0 Å². The summed E-state index contributed by atoms with van der Waals surface area (Å²) in [5.74, 6) is 0. The van der Waals surface area contributed by atoms with Crippen LogP contribution in [0.1, 0.15) is 37.3 Å². The maximum absolute atomic E-state index is 13.2. The standard InChI is InChI=1S/C12H21N3O5S3/c1-3-14-10-8-15(5-4-6-20-2)23(18,19)12-9(10)7-11(21-12)22(13,16)17/h7,10,14H,3-6,8H2,1-2H3,(H2,13,16,17)/t10-/m0/s1/i2D3,6D2,7D,8D2,10D. The predicted molar refractivity (Wildman–Crippen MR) is 87.4 cm³/mol. The summed E-state index contributed by atoms with van der Waals surface area (Å²) in [7, 11) is -12.6. The molecule has 0 aromatic carbocycles. The van der Waals surface area contributed by atoms with Gasteiger partial charge in [0.1, 0.15) is 8.42 Å². The van der Waals surface area contributed by atoms with E-state index in [-0.39, 0.29) is 22.2 Å². The molecule has 0 bridgehead atoms. The molecule has 1 aliphatic rings. The molecule has 8 nitrogen and oxygen atoms in total. The molecule has 0 aliphatic carbocycles. The molecule has 2 heterocycles. The lowest BCUT2D eigenvalue weighted by molar-refractivity contribution is 0.185. The molecule has 0 saturated carbocycles. The van der Waals surface area contributed by atoms with Gasteiger partial charge in [-0.2, -0.15) is 4.31 Å². The topological polar surface area (TPSA) is 119 Å². The van der Waals surface area contributed by atoms with E-state index in [2.05, 4.69) is 10.1 Å². The Morgan fingerprint density at radius 2 is 2.52 bits per heavy atom. The van der Waals surface area contributed by atoms with Crippen LogP contribution in [-0.2, 0) is 24.8 Å². The summed E-state index contributed by atoms with van der Waals surface area (Å²) in [6.07, 6.45) is -0.928. The number of sulfonamides is 2. The van der Waals surface area contributed by atoms with E-state index >= 15 is 0 Å². The zero-order valence-electron chi connectivity index (χ0n) is 20.9. The van der Waals surface area contributed by atoms with Crippen molar-refractivity contribution in [3.8, 4) is 0 Å². The highest BCUT2D eigenvalue weighted by molar-refractivity contribution is 7.94. The number of hydrogen-bond acceptors (Lipinski definition) is 7. The molecule has 1 aromatic heterocycles. The molecule has 0 saturated heterocycles. The number of primary sulfonamides is 1. The largest absolute Gasteiger partial charge is 0.385 e. The number of rotatable bonds is 7. The van der Waals surface area contributed by atoms with E-state index < -0.39 is 79.1 Å². The van der Waals surface area contributed by atoms with Gasteiger partial charge in [0.05, 0.1) is 9.60 Å². The molecule has 0 fully saturated rings. The maximum Gasteiger partial charge on any atom is 0.252 e. The van der Waals surface area contributed by atoms with E-state index in [1.54, 1.807) is 0 Å². The van der Waals surface area contributed by atoms with E-state index in [0.29, 0.717) is 0 Å². The van der Waals surface area contributed by atoms with E-state index in [4.69, 9.17) is 17.5 Å². The van der Waals surface area contributed by atoms with Crippen LogP contribution in [0.15, 0.2) is 14.5 Å². The molecule has 132 valence electrons. The third-order valence-electron chi connectivity index (χ3n) is 2.73. The lowest BCUT2D eigenvalue weighted by Crippen LogP contribution is -2.43. The Kier molecular flexibility index (Phi) is 3.04. The molecule has 1 aromatic rings. The van der Waals surface area contributed by atoms with Crippen LogP contribution in [-0.4, -0.2) is 54.3 Å². The van der Waals surface area contributed by atoms with Crippen LogP contribution in [0.5, 0.6) is 0 Å². The average Bonchev–Trinajstić information content (AvgIpc) is 2.90. The molecule has 0 unspecified atom stereocenters. The predicted octanol–water partition coefficient (Wildman–Crippen LogP) is 0.0869. The van der Waals surface area contributed by atoms with Crippen molar-refractivity contribution in [3.05, 3.63) is 11.6 Å². The maximum atomic E-state index is 13.2. The van der Waals surface area contributed by atoms with Crippen molar-refractivity contribution < 1.29 is 33.9 Å². The van der Waals surface area contributed by atoms with Crippen LogP contribution in [0.3, 0.4) is 0 Å². The molecule has 0 radical (unpaired) electrons. The van der Waals surface area contributed by atoms with Gasteiger partial charge >= 0.3 is 0 Å². The highest BCUT2D eigenvalue weighted by atomic mass is 32.3. The molecule has 11 heteroatoms. The number of nitrogens with two attached hydrogens (primary N) is 1. The Labute approximate surface area is 153 Å². The van der Waals surface area contributed by atoms with E-state index in [1.807, 2.05) is 0 Å². The van der Waals surface area contributed by atoms with Crippen molar-refractivity contribution in [2.45, 2.75) is 27.8 Å². The van der Waals surface area contributed by atoms with E-state index in [0.717, 1.165) is 0 Å². The van der Waals surface area contributed by atoms with Crippen LogP contribution in [0, 0.1) is 0 Å². The zero-order valence-corrected chi connectivity index (χ0v) is 14.4. The second kappa shape index (κ2) is 7.13. The van der Waals surface area contributed by atoms with Crippen LogP contribution in [0.4, 0.5) is 0 Å². The van der Waals surface area contributed by atoms with Crippen molar-refractivity contribution >= 4 is 31.4 Å². The van der Waals surface area contributed by atoms with Gasteiger partial charge in [-0.1, -0.05) is 6.92 Å². The summed E-state index contributed by atoms with van der Waals surface area (Å²) in [5.41, 5.74) is -0.739. The zero-order chi connectivity index (χ0) is 25.1. The average molecular weight is 393 g/mol. The molecule has 1 atom stereocenters. The summed E-state index contributed by atoms with van der Waals surface area (Å²) in [6, 6.07) is -3.60. The second-order valence-corrected chi connectivity index (χ2v) is 9.15. The molecule has 0 amide bonds. The number of nitrogens with zero attached hydrogens (tertiary/aromatic N) is 1. The fraction of sp³-hybridized carbons (Fsp3) is 0.667. The first-order valence-electron chi connectivity index (χ1n) is 10.8. The third-order valence-corrected chi connectivity index (χ3v) is 7.38. The summed E-state index contributed by atoms with van der Waals surface area (Å²) < 4.78 is 123. The number of ether oxygens (including phenoxy) is 1. The van der Waals surface area contributed by atoms with Crippen molar-refractivity contribution in [2.24, 2.45) is 5.14 Å². The normalized spacial score (nSPS) is 33.6. The molecule has 23 heavy (non-hydrogen) atoms. The Bertz CT molecular complexity index is 1100. The fourth-order valence-corrected chi connectivity index (χ4v) is 5.60. The number of nitrogens with one attached hydrogen (secondary N) is 1. The first-order valence-corrected chi connectivity index (χ1v) is 10.1. The Morgan fingerprint density at radius 3 is 3.13 bits per heavy atom. The van der Waals surface area contributed by atoms with Gasteiger partial charge in [-0.05, 0) is 19.0 Å². The fourth-order valence-electron chi connectivity index (χ4n) is 1.81.